The summed E-state index contributed by atoms with van der Waals surface area (Å²) < 4.78 is 1.72. The summed E-state index contributed by atoms with van der Waals surface area (Å²) >= 11 is 1.70. The first-order valence-electron chi connectivity index (χ1n) is 9.94. The number of aryl methyl sites for hydroxylation is 1. The molecule has 1 aliphatic heterocycles. The average molecular weight is 423 g/mol. The molecule has 0 radical (unpaired) electrons. The van der Waals surface area contributed by atoms with E-state index in [0.29, 0.717) is 24.5 Å². The van der Waals surface area contributed by atoms with Crippen LogP contribution in [0.2, 0.25) is 0 Å². The molecule has 0 N–H and O–H groups in total. The lowest BCUT2D eigenvalue weighted by atomic mass is 9.94. The molecule has 1 aromatic carbocycles. The Bertz CT molecular complexity index is 1140. The smallest absolute Gasteiger partial charge is 0.274 e. The highest BCUT2D eigenvalue weighted by molar-refractivity contribution is 7.10. The molecular weight excluding hydrogens is 402 g/mol. The maximum atomic E-state index is 13.4. The summed E-state index contributed by atoms with van der Waals surface area (Å²) in [5.74, 6) is -0.0535. The van der Waals surface area contributed by atoms with Gasteiger partial charge < -0.3 is 9.80 Å². The molecule has 0 bridgehead atoms. The Balaban J connectivity index is 1.64. The van der Waals surface area contributed by atoms with Crippen LogP contribution < -0.4 is 0 Å². The highest BCUT2D eigenvalue weighted by Crippen LogP contribution is 2.40. The lowest BCUT2D eigenvalue weighted by Crippen LogP contribution is -2.47. The molecule has 0 spiro atoms. The van der Waals surface area contributed by atoms with Gasteiger partial charge in [0.2, 0.25) is 0 Å². The van der Waals surface area contributed by atoms with Crippen LogP contribution in [0, 0.1) is 10.1 Å². The highest BCUT2D eigenvalue weighted by atomic mass is 32.1. The van der Waals surface area contributed by atoms with E-state index in [4.69, 9.17) is 5.10 Å². The fraction of sp³-hybridized carbons (Fsp3) is 0.333. The van der Waals surface area contributed by atoms with Gasteiger partial charge in [0.25, 0.3) is 11.6 Å². The Morgan fingerprint density at radius 2 is 1.97 bits per heavy atom. The summed E-state index contributed by atoms with van der Waals surface area (Å²) in [4.78, 5) is 29.6. The molecule has 8 nitrogen and oxygen atoms in total. The number of likely N-dealkylation sites (N-methyl/N-ethyl adjacent to an activating group) is 1. The molecule has 3 aromatic rings. The van der Waals surface area contributed by atoms with Crippen molar-refractivity contribution < 1.29 is 9.72 Å². The van der Waals surface area contributed by atoms with Crippen LogP contribution in [-0.4, -0.2) is 63.6 Å². The van der Waals surface area contributed by atoms with Gasteiger partial charge in [0.15, 0.2) is 5.69 Å². The van der Waals surface area contributed by atoms with Crippen molar-refractivity contribution in [3.63, 3.8) is 0 Å². The average Bonchev–Trinajstić information content (AvgIpc) is 3.38. The van der Waals surface area contributed by atoms with E-state index in [-0.39, 0.29) is 11.6 Å². The van der Waals surface area contributed by atoms with Crippen LogP contribution in [0.4, 0.5) is 5.69 Å². The number of non-ortho nitro benzene ring substituents is 1. The molecule has 0 atom stereocenters. The van der Waals surface area contributed by atoms with Crippen molar-refractivity contribution in [2.24, 2.45) is 0 Å². The minimum Gasteiger partial charge on any atom is -0.335 e. The van der Waals surface area contributed by atoms with Crippen molar-refractivity contribution in [2.75, 3.05) is 33.2 Å². The summed E-state index contributed by atoms with van der Waals surface area (Å²) in [6.07, 6.45) is 1.62. The van der Waals surface area contributed by atoms with Crippen molar-refractivity contribution >= 4 is 22.9 Å². The largest absolute Gasteiger partial charge is 0.335 e. The quantitative estimate of drug-likeness (QED) is 0.478. The Morgan fingerprint density at radius 1 is 1.17 bits per heavy atom. The summed E-state index contributed by atoms with van der Waals surface area (Å²) in [5, 5.41) is 18.1. The van der Waals surface area contributed by atoms with Gasteiger partial charge in [-0.1, -0.05) is 6.07 Å². The molecule has 0 saturated carbocycles. The number of aromatic nitrogens is 2. The van der Waals surface area contributed by atoms with Crippen molar-refractivity contribution in [3.05, 3.63) is 62.0 Å². The topological polar surface area (TPSA) is 84.5 Å². The third kappa shape index (κ3) is 3.10. The summed E-state index contributed by atoms with van der Waals surface area (Å²) in [5.41, 5.74) is 3.96. The molecule has 154 valence electrons. The number of nitro benzene ring substituents is 1. The number of rotatable bonds is 3. The molecule has 2 aliphatic rings. The van der Waals surface area contributed by atoms with Gasteiger partial charge >= 0.3 is 0 Å². The first-order chi connectivity index (χ1) is 14.5. The van der Waals surface area contributed by atoms with Crippen LogP contribution in [0.5, 0.6) is 0 Å². The SMILES string of the molecule is CN1CCN(C(=O)c2nn(-c3cccc([N+](=O)[O-])c3)c3c2CCc2sccc2-3)CC1. The molecule has 1 saturated heterocycles. The van der Waals surface area contributed by atoms with Gasteiger partial charge in [0, 0.05) is 54.3 Å². The molecule has 9 heteroatoms. The second-order valence-electron chi connectivity index (χ2n) is 7.72. The van der Waals surface area contributed by atoms with E-state index in [1.165, 1.54) is 17.0 Å². The maximum absolute atomic E-state index is 13.4. The van der Waals surface area contributed by atoms with E-state index in [1.54, 1.807) is 28.2 Å². The molecule has 5 rings (SSSR count). The fourth-order valence-corrected chi connectivity index (χ4v) is 5.08. The van der Waals surface area contributed by atoms with Crippen LogP contribution >= 0.6 is 11.3 Å². The Kier molecular flexibility index (Phi) is 4.63. The van der Waals surface area contributed by atoms with Crippen LogP contribution in [0.25, 0.3) is 16.9 Å². The zero-order valence-electron chi connectivity index (χ0n) is 16.6. The molecule has 0 unspecified atom stereocenters. The monoisotopic (exact) mass is 423 g/mol. The molecule has 1 fully saturated rings. The molecule has 2 aromatic heterocycles. The van der Waals surface area contributed by atoms with Gasteiger partial charge in [0.1, 0.15) is 0 Å². The highest BCUT2D eigenvalue weighted by Gasteiger charge is 2.32. The standard InChI is InChI=1S/C21H21N5O3S/c1-23-8-10-24(11-9-23)21(27)19-17-5-6-18-16(7-12-30-18)20(17)25(22-19)14-3-2-4-15(13-14)26(28)29/h2-4,7,12-13H,5-6,8-11H2,1H3. The van der Waals surface area contributed by atoms with Gasteiger partial charge in [-0.2, -0.15) is 5.10 Å². The Hall–Kier alpha value is -3.04. The molecular formula is C21H21N5O3S. The number of thiophene rings is 1. The third-order valence-corrected chi connectivity index (χ3v) is 6.85. The lowest BCUT2D eigenvalue weighted by Gasteiger charge is -2.32. The molecule has 1 amide bonds. The molecule has 30 heavy (non-hydrogen) atoms. The minimum absolute atomic E-state index is 0.00467. The lowest BCUT2D eigenvalue weighted by molar-refractivity contribution is -0.384. The molecule has 3 heterocycles. The second kappa shape index (κ2) is 7.33. The van der Waals surface area contributed by atoms with Crippen LogP contribution in [0.1, 0.15) is 20.9 Å². The number of benzene rings is 1. The predicted molar refractivity (Wildman–Crippen MR) is 114 cm³/mol. The second-order valence-corrected chi connectivity index (χ2v) is 8.72. The number of carbonyl (C=O) groups is 1. The van der Waals surface area contributed by atoms with E-state index in [1.807, 2.05) is 10.3 Å². The van der Waals surface area contributed by atoms with E-state index >= 15 is 0 Å². The van der Waals surface area contributed by atoms with Gasteiger partial charge in [-0.15, -0.1) is 11.3 Å². The number of nitro groups is 1. The number of fused-ring (bicyclic) bond motifs is 3. The minimum atomic E-state index is -0.411. The van der Waals surface area contributed by atoms with Gasteiger partial charge in [0.05, 0.1) is 16.3 Å². The number of amides is 1. The van der Waals surface area contributed by atoms with Gasteiger partial charge in [-0.3, -0.25) is 14.9 Å². The summed E-state index contributed by atoms with van der Waals surface area (Å²) in [6.45, 7) is 3.04. The Labute approximate surface area is 177 Å². The van der Waals surface area contributed by atoms with Gasteiger partial charge in [-0.05, 0) is 37.4 Å². The van der Waals surface area contributed by atoms with E-state index in [9.17, 15) is 14.9 Å². The van der Waals surface area contributed by atoms with Crippen molar-refractivity contribution in [2.45, 2.75) is 12.8 Å². The first kappa shape index (κ1) is 19.0. The third-order valence-electron chi connectivity index (χ3n) is 5.86. The van der Waals surface area contributed by atoms with Crippen LogP contribution in [0.3, 0.4) is 0 Å². The van der Waals surface area contributed by atoms with Crippen molar-refractivity contribution in [1.82, 2.24) is 19.6 Å². The van der Waals surface area contributed by atoms with Crippen molar-refractivity contribution in [1.29, 1.82) is 0 Å². The zero-order valence-corrected chi connectivity index (χ0v) is 17.4. The van der Waals surface area contributed by atoms with Gasteiger partial charge in [-0.25, -0.2) is 4.68 Å². The van der Waals surface area contributed by atoms with Crippen LogP contribution in [0.15, 0.2) is 35.7 Å². The normalized spacial score (nSPS) is 16.2. The number of nitrogens with zero attached hydrogens (tertiary/aromatic N) is 5. The predicted octanol–water partition coefficient (Wildman–Crippen LogP) is 3.00. The summed E-state index contributed by atoms with van der Waals surface area (Å²) in [7, 11) is 2.05. The number of hydrogen-bond acceptors (Lipinski definition) is 6. The first-order valence-corrected chi connectivity index (χ1v) is 10.8. The van der Waals surface area contributed by atoms with E-state index < -0.39 is 4.92 Å². The Morgan fingerprint density at radius 3 is 2.73 bits per heavy atom. The van der Waals surface area contributed by atoms with E-state index in [2.05, 4.69) is 18.0 Å². The molecule has 1 aliphatic carbocycles. The van der Waals surface area contributed by atoms with E-state index in [0.717, 1.165) is 42.8 Å². The van der Waals surface area contributed by atoms with Crippen LogP contribution in [-0.2, 0) is 12.8 Å². The fourth-order valence-electron chi connectivity index (χ4n) is 4.20. The number of piperazine rings is 1. The zero-order chi connectivity index (χ0) is 20.8. The van der Waals surface area contributed by atoms with Crippen molar-refractivity contribution in [3.8, 4) is 16.9 Å². The number of carbonyl (C=O) groups excluding carboxylic acids is 1. The maximum Gasteiger partial charge on any atom is 0.274 e. The summed E-state index contributed by atoms with van der Waals surface area (Å²) in [6, 6.07) is 8.48. The number of hydrogen-bond donors (Lipinski definition) is 0.